The van der Waals surface area contributed by atoms with E-state index in [4.69, 9.17) is 13.0 Å². The number of rotatable bonds is 3. The van der Waals surface area contributed by atoms with E-state index in [1.54, 1.807) is 0 Å². The molecule has 1 aromatic carbocycles. The van der Waals surface area contributed by atoms with E-state index in [2.05, 4.69) is 10.6 Å². The first kappa shape index (κ1) is 12.6. The quantitative estimate of drug-likeness (QED) is 0.647. The minimum Gasteiger partial charge on any atom is -0.478 e. The molecule has 0 spiro atoms. The van der Waals surface area contributed by atoms with Crippen molar-refractivity contribution in [2.24, 2.45) is 0 Å². The van der Waals surface area contributed by atoms with Gasteiger partial charge in [0.05, 0.1) is 11.6 Å². The normalized spacial score (nSPS) is 18.6. The molecule has 1 atom stereocenters. The Labute approximate surface area is 106 Å². The summed E-state index contributed by atoms with van der Waals surface area (Å²) in [6.45, 7) is 0.845. The van der Waals surface area contributed by atoms with E-state index in [1.165, 1.54) is 18.2 Å². The lowest BCUT2D eigenvalue weighted by atomic mass is 9.90. The maximum absolute atomic E-state index is 11.8. The third kappa shape index (κ3) is 2.71. The zero-order chi connectivity index (χ0) is 13.1. The van der Waals surface area contributed by atoms with Gasteiger partial charge in [0.25, 0.3) is 0 Å². The van der Waals surface area contributed by atoms with E-state index < -0.39 is 5.97 Å². The molecule has 0 aliphatic carbocycles. The van der Waals surface area contributed by atoms with E-state index in [9.17, 15) is 9.59 Å². The summed E-state index contributed by atoms with van der Waals surface area (Å²) in [5, 5.41) is 14.6. The average molecular weight is 244 g/mol. The summed E-state index contributed by atoms with van der Waals surface area (Å²) in [4.78, 5) is 22.6. The van der Waals surface area contributed by atoms with Crippen LogP contribution in [0.25, 0.3) is 0 Å². The van der Waals surface area contributed by atoms with Crippen molar-refractivity contribution in [2.45, 2.75) is 18.9 Å². The van der Waals surface area contributed by atoms with Crippen molar-refractivity contribution >= 4 is 30.9 Å². The molecule has 92 valence electrons. The van der Waals surface area contributed by atoms with Crippen molar-refractivity contribution in [1.29, 1.82) is 0 Å². The number of hydrogen-bond acceptors (Lipinski definition) is 3. The van der Waals surface area contributed by atoms with E-state index >= 15 is 0 Å². The Bertz CT molecular complexity index is 484. The predicted octanol–water partition coefficient (Wildman–Crippen LogP) is -0.131. The molecule has 1 aliphatic rings. The molecule has 1 unspecified atom stereocenters. The van der Waals surface area contributed by atoms with Gasteiger partial charge in [0.2, 0.25) is 5.91 Å². The molecule has 5 nitrogen and oxygen atoms in total. The van der Waals surface area contributed by atoms with Gasteiger partial charge in [-0.1, -0.05) is 5.46 Å². The SMILES string of the molecule is [B]c1cc(NC(=O)C2CCCN2)ccc1C(=O)O. The Hall–Kier alpha value is -1.82. The standard InChI is InChI=1S/C12H13BN2O3/c13-9-6-7(3-4-8(9)12(17)18)15-11(16)10-2-1-5-14-10/h3-4,6,10,14H,1-2,5H2,(H,15,16)(H,17,18). The molecular weight excluding hydrogens is 231 g/mol. The van der Waals surface area contributed by atoms with Crippen molar-refractivity contribution in [2.75, 3.05) is 11.9 Å². The van der Waals surface area contributed by atoms with Gasteiger partial charge in [0.1, 0.15) is 7.85 Å². The Morgan fingerprint density at radius 3 is 2.78 bits per heavy atom. The van der Waals surface area contributed by atoms with Crippen LogP contribution < -0.4 is 16.1 Å². The highest BCUT2D eigenvalue weighted by atomic mass is 16.4. The summed E-state index contributed by atoms with van der Waals surface area (Å²) in [6.07, 6.45) is 1.80. The summed E-state index contributed by atoms with van der Waals surface area (Å²) in [5.41, 5.74) is 0.683. The minimum atomic E-state index is -1.08. The Morgan fingerprint density at radius 2 is 2.22 bits per heavy atom. The van der Waals surface area contributed by atoms with Gasteiger partial charge in [-0.15, -0.1) is 0 Å². The molecule has 18 heavy (non-hydrogen) atoms. The number of carbonyl (C=O) groups excluding carboxylic acids is 1. The van der Waals surface area contributed by atoms with E-state index in [1.807, 2.05) is 0 Å². The summed E-state index contributed by atoms with van der Waals surface area (Å²) in [5.74, 6) is -1.20. The Balaban J connectivity index is 2.07. The summed E-state index contributed by atoms with van der Waals surface area (Å²) in [6, 6.07) is 4.20. The highest BCUT2D eigenvalue weighted by Gasteiger charge is 2.22. The molecule has 1 heterocycles. The van der Waals surface area contributed by atoms with Crippen LogP contribution in [0, 0.1) is 0 Å². The van der Waals surface area contributed by atoms with Crippen LogP contribution in [0.5, 0.6) is 0 Å². The fraction of sp³-hybridized carbons (Fsp3) is 0.333. The van der Waals surface area contributed by atoms with Crippen LogP contribution in [0.2, 0.25) is 0 Å². The van der Waals surface area contributed by atoms with Crippen LogP contribution in [0.3, 0.4) is 0 Å². The number of nitrogens with one attached hydrogen (secondary N) is 2. The molecule has 2 rings (SSSR count). The van der Waals surface area contributed by atoms with Crippen molar-refractivity contribution in [3.8, 4) is 0 Å². The lowest BCUT2D eigenvalue weighted by molar-refractivity contribution is -0.117. The summed E-state index contributed by atoms with van der Waals surface area (Å²) >= 11 is 0. The van der Waals surface area contributed by atoms with E-state index in [0.717, 1.165) is 19.4 Å². The number of anilines is 1. The average Bonchev–Trinajstić information content (AvgIpc) is 2.81. The van der Waals surface area contributed by atoms with E-state index in [-0.39, 0.29) is 23.0 Å². The van der Waals surface area contributed by atoms with Crippen LogP contribution in [0.15, 0.2) is 18.2 Å². The van der Waals surface area contributed by atoms with Gasteiger partial charge in [0, 0.05) is 5.69 Å². The Kier molecular flexibility index (Phi) is 3.67. The molecule has 1 saturated heterocycles. The number of aromatic carboxylic acids is 1. The van der Waals surface area contributed by atoms with Crippen LogP contribution in [0.1, 0.15) is 23.2 Å². The third-order valence-electron chi connectivity index (χ3n) is 2.93. The zero-order valence-corrected chi connectivity index (χ0v) is 9.77. The van der Waals surface area contributed by atoms with Gasteiger partial charge < -0.3 is 15.7 Å². The first-order chi connectivity index (χ1) is 8.58. The number of carboxylic acid groups (broad SMARTS) is 1. The number of benzene rings is 1. The smallest absolute Gasteiger partial charge is 0.335 e. The maximum Gasteiger partial charge on any atom is 0.335 e. The second-order valence-electron chi connectivity index (χ2n) is 4.25. The topological polar surface area (TPSA) is 78.4 Å². The molecule has 1 aromatic rings. The third-order valence-corrected chi connectivity index (χ3v) is 2.93. The van der Waals surface area contributed by atoms with Gasteiger partial charge in [-0.25, -0.2) is 4.79 Å². The van der Waals surface area contributed by atoms with Crippen molar-refractivity contribution < 1.29 is 14.7 Å². The molecule has 2 radical (unpaired) electrons. The molecule has 1 aliphatic heterocycles. The highest BCUT2D eigenvalue weighted by Crippen LogP contribution is 2.11. The first-order valence-electron chi connectivity index (χ1n) is 5.75. The lowest BCUT2D eigenvalue weighted by Gasteiger charge is -2.12. The Morgan fingerprint density at radius 1 is 1.44 bits per heavy atom. The number of hydrogen-bond donors (Lipinski definition) is 3. The molecule has 3 N–H and O–H groups in total. The van der Waals surface area contributed by atoms with Gasteiger partial charge in [0.15, 0.2) is 0 Å². The number of carboxylic acids is 1. The monoisotopic (exact) mass is 244 g/mol. The maximum atomic E-state index is 11.8. The van der Waals surface area contributed by atoms with Crippen molar-refractivity contribution in [3.63, 3.8) is 0 Å². The molecule has 0 bridgehead atoms. The summed E-state index contributed by atoms with van der Waals surface area (Å²) < 4.78 is 0. The molecule has 6 heteroatoms. The molecule has 0 saturated carbocycles. The van der Waals surface area contributed by atoms with Gasteiger partial charge in [-0.3, -0.25) is 4.79 Å². The zero-order valence-electron chi connectivity index (χ0n) is 9.77. The van der Waals surface area contributed by atoms with Crippen LogP contribution in [-0.4, -0.2) is 37.4 Å². The van der Waals surface area contributed by atoms with Crippen LogP contribution >= 0.6 is 0 Å². The molecule has 1 fully saturated rings. The molecular formula is C12H13BN2O3. The highest BCUT2D eigenvalue weighted by molar-refractivity contribution is 6.36. The lowest BCUT2D eigenvalue weighted by Crippen LogP contribution is -2.35. The minimum absolute atomic E-state index is 0.0343. The largest absolute Gasteiger partial charge is 0.478 e. The predicted molar refractivity (Wildman–Crippen MR) is 68.4 cm³/mol. The van der Waals surface area contributed by atoms with Gasteiger partial charge in [-0.05, 0) is 37.6 Å². The molecule has 0 aromatic heterocycles. The number of carbonyl (C=O) groups is 2. The van der Waals surface area contributed by atoms with Crippen LogP contribution in [-0.2, 0) is 4.79 Å². The first-order valence-corrected chi connectivity index (χ1v) is 5.75. The van der Waals surface area contributed by atoms with Gasteiger partial charge in [-0.2, -0.15) is 0 Å². The van der Waals surface area contributed by atoms with Crippen molar-refractivity contribution in [1.82, 2.24) is 5.32 Å². The van der Waals surface area contributed by atoms with Gasteiger partial charge >= 0.3 is 5.97 Å². The second kappa shape index (κ2) is 5.22. The number of amides is 1. The fourth-order valence-electron chi connectivity index (χ4n) is 1.97. The fourth-order valence-corrected chi connectivity index (χ4v) is 1.97. The van der Waals surface area contributed by atoms with E-state index in [0.29, 0.717) is 5.69 Å². The summed E-state index contributed by atoms with van der Waals surface area (Å²) in [7, 11) is 5.60. The molecule has 1 amide bonds. The second-order valence-corrected chi connectivity index (χ2v) is 4.25. The van der Waals surface area contributed by atoms with Crippen molar-refractivity contribution in [3.05, 3.63) is 23.8 Å². The van der Waals surface area contributed by atoms with Crippen LogP contribution in [0.4, 0.5) is 5.69 Å².